The molecule has 1 aromatic rings. The first kappa shape index (κ1) is 16.3. The van der Waals surface area contributed by atoms with Gasteiger partial charge in [0.25, 0.3) is 5.91 Å². The van der Waals surface area contributed by atoms with Crippen molar-refractivity contribution < 1.29 is 13.2 Å². The minimum Gasteiger partial charge on any atom is -0.371 e. The summed E-state index contributed by atoms with van der Waals surface area (Å²) >= 11 is 0. The average Bonchev–Trinajstić information content (AvgIpc) is 3.26. The molecule has 1 saturated carbocycles. The van der Waals surface area contributed by atoms with Crippen LogP contribution in [-0.4, -0.2) is 32.7 Å². The summed E-state index contributed by atoms with van der Waals surface area (Å²) in [6.45, 7) is 5.03. The molecule has 6 heteroatoms. The number of rotatable bonds is 4. The fourth-order valence-electron chi connectivity index (χ4n) is 3.33. The van der Waals surface area contributed by atoms with Crippen LogP contribution >= 0.6 is 0 Å². The van der Waals surface area contributed by atoms with Crippen LogP contribution in [0.1, 0.15) is 49.9 Å². The first-order valence-electron chi connectivity index (χ1n) is 8.18. The molecule has 2 fully saturated rings. The molecule has 1 aliphatic heterocycles. The van der Waals surface area contributed by atoms with E-state index in [4.69, 9.17) is 5.73 Å². The lowest BCUT2D eigenvalue weighted by atomic mass is 9.93. The Morgan fingerprint density at radius 3 is 2.26 bits per heavy atom. The van der Waals surface area contributed by atoms with Crippen LogP contribution in [-0.2, 0) is 9.84 Å². The Kier molecular flexibility index (Phi) is 3.91. The molecule has 1 heterocycles. The van der Waals surface area contributed by atoms with E-state index in [1.807, 2.05) is 0 Å². The molecule has 1 aromatic carbocycles. The summed E-state index contributed by atoms with van der Waals surface area (Å²) < 4.78 is 24.9. The Hall–Kier alpha value is -1.56. The summed E-state index contributed by atoms with van der Waals surface area (Å²) in [5.41, 5.74) is 7.07. The molecule has 1 spiro atoms. The summed E-state index contributed by atoms with van der Waals surface area (Å²) in [7, 11) is -3.37. The maximum Gasteiger partial charge on any atom is 0.250 e. The third-order valence-corrected chi connectivity index (χ3v) is 7.46. The van der Waals surface area contributed by atoms with Crippen LogP contribution in [0.5, 0.6) is 0 Å². The molecule has 0 radical (unpaired) electrons. The fraction of sp³-hybridized carbons (Fsp3) is 0.588. The van der Waals surface area contributed by atoms with E-state index >= 15 is 0 Å². The number of benzene rings is 1. The van der Waals surface area contributed by atoms with Crippen LogP contribution in [0.2, 0.25) is 0 Å². The zero-order chi connectivity index (χ0) is 16.8. The zero-order valence-electron chi connectivity index (χ0n) is 13.7. The number of amides is 1. The fourth-order valence-corrected chi connectivity index (χ4v) is 4.41. The zero-order valence-corrected chi connectivity index (χ0v) is 14.5. The number of piperidine rings is 1. The Morgan fingerprint density at radius 2 is 1.78 bits per heavy atom. The maximum absolute atomic E-state index is 12.4. The number of sulfone groups is 1. The van der Waals surface area contributed by atoms with Crippen LogP contribution in [0, 0.1) is 5.41 Å². The molecule has 5 nitrogen and oxygen atoms in total. The van der Waals surface area contributed by atoms with Crippen LogP contribution < -0.4 is 10.6 Å². The number of carbonyl (C=O) groups excluding carboxylic acids is 1. The second kappa shape index (κ2) is 5.51. The first-order valence-corrected chi connectivity index (χ1v) is 9.73. The Labute approximate surface area is 137 Å². The van der Waals surface area contributed by atoms with Crippen LogP contribution in [0.25, 0.3) is 0 Å². The molecule has 126 valence electrons. The van der Waals surface area contributed by atoms with Crippen molar-refractivity contribution in [2.24, 2.45) is 11.1 Å². The molecule has 0 unspecified atom stereocenters. The van der Waals surface area contributed by atoms with E-state index in [0.717, 1.165) is 25.9 Å². The minimum absolute atomic E-state index is 0.263. The smallest absolute Gasteiger partial charge is 0.250 e. The summed E-state index contributed by atoms with van der Waals surface area (Å²) in [5.74, 6) is -0.514. The van der Waals surface area contributed by atoms with E-state index in [0.29, 0.717) is 16.7 Å². The normalized spacial score (nSPS) is 20.0. The van der Waals surface area contributed by atoms with Gasteiger partial charge in [0.05, 0.1) is 21.4 Å². The number of carbonyl (C=O) groups is 1. The van der Waals surface area contributed by atoms with E-state index in [2.05, 4.69) is 4.90 Å². The lowest BCUT2D eigenvalue weighted by Crippen LogP contribution is -2.36. The highest BCUT2D eigenvalue weighted by atomic mass is 32.2. The molecule has 1 amide bonds. The van der Waals surface area contributed by atoms with Gasteiger partial charge < -0.3 is 10.6 Å². The van der Waals surface area contributed by atoms with Crippen molar-refractivity contribution in [1.82, 2.24) is 0 Å². The van der Waals surface area contributed by atoms with Crippen molar-refractivity contribution in [3.63, 3.8) is 0 Å². The van der Waals surface area contributed by atoms with Crippen LogP contribution in [0.3, 0.4) is 0 Å². The molecule has 0 atom stereocenters. The van der Waals surface area contributed by atoms with Crippen LogP contribution in [0.4, 0.5) is 5.69 Å². The second-order valence-corrected chi connectivity index (χ2v) is 9.63. The number of primary amides is 1. The monoisotopic (exact) mass is 336 g/mol. The third kappa shape index (κ3) is 2.96. The molecule has 3 rings (SSSR count). The topological polar surface area (TPSA) is 80.5 Å². The van der Waals surface area contributed by atoms with Gasteiger partial charge in [0.15, 0.2) is 9.84 Å². The van der Waals surface area contributed by atoms with Gasteiger partial charge in [-0.1, -0.05) is 0 Å². The quantitative estimate of drug-likeness (QED) is 0.915. The highest BCUT2D eigenvalue weighted by molar-refractivity contribution is 7.92. The molecule has 2 N–H and O–H groups in total. The Morgan fingerprint density at radius 1 is 1.17 bits per heavy atom. The highest BCUT2D eigenvalue weighted by Crippen LogP contribution is 2.54. The lowest BCUT2D eigenvalue weighted by molar-refractivity contribution is 0.100. The molecular weight excluding hydrogens is 312 g/mol. The van der Waals surface area contributed by atoms with E-state index in [9.17, 15) is 13.2 Å². The Balaban J connectivity index is 1.97. The van der Waals surface area contributed by atoms with E-state index in [-0.39, 0.29) is 4.90 Å². The molecule has 1 saturated heterocycles. The predicted octanol–water partition coefficient (Wildman–Crippen LogP) is 2.35. The highest BCUT2D eigenvalue weighted by Gasteiger charge is 2.44. The second-order valence-electron chi connectivity index (χ2n) is 7.12. The van der Waals surface area contributed by atoms with Crippen molar-refractivity contribution in [3.8, 4) is 0 Å². The number of nitrogens with zero attached hydrogens (tertiary/aromatic N) is 1. The summed E-state index contributed by atoms with van der Waals surface area (Å²) in [5, 5.41) is -0.495. The van der Waals surface area contributed by atoms with Gasteiger partial charge in [-0.25, -0.2) is 8.42 Å². The van der Waals surface area contributed by atoms with Crippen molar-refractivity contribution in [2.75, 3.05) is 18.0 Å². The summed E-state index contributed by atoms with van der Waals surface area (Å²) in [4.78, 5) is 14.1. The lowest BCUT2D eigenvalue weighted by Gasteiger charge is -2.35. The molecule has 0 bridgehead atoms. The molecule has 2 aliphatic rings. The number of anilines is 1. The van der Waals surface area contributed by atoms with Crippen molar-refractivity contribution in [1.29, 1.82) is 0 Å². The maximum atomic E-state index is 12.4. The van der Waals surface area contributed by atoms with E-state index in [1.54, 1.807) is 26.0 Å². The summed E-state index contributed by atoms with van der Waals surface area (Å²) in [6, 6.07) is 4.67. The van der Waals surface area contributed by atoms with Crippen LogP contribution in [0.15, 0.2) is 23.1 Å². The van der Waals surface area contributed by atoms with Gasteiger partial charge in [0.2, 0.25) is 0 Å². The summed E-state index contributed by atoms with van der Waals surface area (Å²) in [6.07, 6.45) is 4.80. The van der Waals surface area contributed by atoms with Crippen molar-refractivity contribution in [2.45, 2.75) is 49.7 Å². The number of hydrogen-bond acceptors (Lipinski definition) is 4. The minimum atomic E-state index is -3.37. The van der Waals surface area contributed by atoms with Gasteiger partial charge in [-0.05, 0) is 63.1 Å². The molecule has 1 aliphatic carbocycles. The third-order valence-electron chi connectivity index (χ3n) is 5.31. The SMILES string of the molecule is CC(C)S(=O)(=O)c1ccc(C(N)=O)c(N2CCC3(CC2)CC3)c1. The largest absolute Gasteiger partial charge is 0.371 e. The van der Waals surface area contributed by atoms with Gasteiger partial charge >= 0.3 is 0 Å². The van der Waals surface area contributed by atoms with Gasteiger partial charge in [0, 0.05) is 13.1 Å². The first-order chi connectivity index (χ1) is 10.8. The molecular formula is C17H24N2O3S. The van der Waals surface area contributed by atoms with Gasteiger partial charge in [-0.15, -0.1) is 0 Å². The average molecular weight is 336 g/mol. The van der Waals surface area contributed by atoms with Gasteiger partial charge in [0.1, 0.15) is 0 Å². The number of hydrogen-bond donors (Lipinski definition) is 1. The van der Waals surface area contributed by atoms with Gasteiger partial charge in [-0.3, -0.25) is 4.79 Å². The molecule has 0 aromatic heterocycles. The van der Waals surface area contributed by atoms with E-state index in [1.165, 1.54) is 18.9 Å². The van der Waals surface area contributed by atoms with E-state index < -0.39 is 21.0 Å². The molecule has 23 heavy (non-hydrogen) atoms. The van der Waals surface area contributed by atoms with Crippen molar-refractivity contribution >= 4 is 21.4 Å². The Bertz CT molecular complexity index is 726. The van der Waals surface area contributed by atoms with Gasteiger partial charge in [-0.2, -0.15) is 0 Å². The van der Waals surface area contributed by atoms with Crippen molar-refractivity contribution in [3.05, 3.63) is 23.8 Å². The predicted molar refractivity (Wildman–Crippen MR) is 90.4 cm³/mol. The standard InChI is InChI=1S/C17H24N2O3S/c1-12(2)23(21,22)13-3-4-14(16(18)20)15(11-13)19-9-7-17(5-6-17)8-10-19/h3-4,11-12H,5-10H2,1-2H3,(H2,18,20). The number of nitrogens with two attached hydrogens (primary N) is 1.